The van der Waals surface area contributed by atoms with Gasteiger partial charge in [0.25, 0.3) is 5.91 Å². The zero-order chi connectivity index (χ0) is 19.0. The molecule has 4 rings (SSSR count). The molecule has 1 aromatic rings. The Bertz CT molecular complexity index is 717. The predicted octanol–water partition coefficient (Wildman–Crippen LogP) is 1.85. The van der Waals surface area contributed by atoms with Gasteiger partial charge in [0.15, 0.2) is 0 Å². The number of carbonyl (C=O) groups excluding carboxylic acids is 1. The Morgan fingerprint density at radius 2 is 2.00 bits per heavy atom. The SMILES string of the molecule is Cc1nc(C(N)=O)nc(N2CC[C@@H](NC3CCOC34CCCCC4)C2)c1C. The number of hydrogen-bond donors (Lipinski definition) is 2. The number of anilines is 1. The number of aromatic nitrogens is 2. The maximum absolute atomic E-state index is 11.6. The summed E-state index contributed by atoms with van der Waals surface area (Å²) in [6.45, 7) is 6.61. The number of carbonyl (C=O) groups is 1. The Balaban J connectivity index is 1.46. The maximum Gasteiger partial charge on any atom is 0.286 e. The summed E-state index contributed by atoms with van der Waals surface area (Å²) >= 11 is 0. The Morgan fingerprint density at radius 3 is 2.74 bits per heavy atom. The van der Waals surface area contributed by atoms with Crippen LogP contribution < -0.4 is 16.0 Å². The van der Waals surface area contributed by atoms with Crippen molar-refractivity contribution in [2.45, 2.75) is 76.5 Å². The van der Waals surface area contributed by atoms with Crippen LogP contribution in [0.5, 0.6) is 0 Å². The highest BCUT2D eigenvalue weighted by molar-refractivity contribution is 5.89. The van der Waals surface area contributed by atoms with Gasteiger partial charge in [-0.15, -0.1) is 0 Å². The number of rotatable bonds is 4. The van der Waals surface area contributed by atoms with E-state index in [1.54, 1.807) is 0 Å². The van der Waals surface area contributed by atoms with E-state index in [1.807, 2.05) is 13.8 Å². The number of aryl methyl sites for hydroxylation is 1. The summed E-state index contributed by atoms with van der Waals surface area (Å²) in [4.78, 5) is 22.5. The molecule has 1 saturated carbocycles. The molecule has 1 aromatic heterocycles. The zero-order valence-electron chi connectivity index (χ0n) is 16.5. The fourth-order valence-corrected chi connectivity index (χ4v) is 5.03. The largest absolute Gasteiger partial charge is 0.373 e. The first-order valence-corrected chi connectivity index (χ1v) is 10.3. The first-order chi connectivity index (χ1) is 13.0. The smallest absolute Gasteiger partial charge is 0.286 e. The molecule has 1 spiro atoms. The van der Waals surface area contributed by atoms with Crippen LogP contribution in [-0.4, -0.2) is 53.3 Å². The molecule has 0 radical (unpaired) electrons. The van der Waals surface area contributed by atoms with Crippen molar-refractivity contribution in [3.8, 4) is 0 Å². The molecular weight excluding hydrogens is 342 g/mol. The lowest BCUT2D eigenvalue weighted by molar-refractivity contribution is -0.0400. The standard InChI is InChI=1S/C20H31N5O2/c1-13-14(2)22-18(17(21)26)24-19(13)25-10-6-15(12-25)23-16-7-11-27-20(16)8-4-3-5-9-20/h15-16,23H,3-12H2,1-2H3,(H2,21,26)/t15-,16?/m1/s1. The van der Waals surface area contributed by atoms with Crippen LogP contribution in [0.3, 0.4) is 0 Å². The highest BCUT2D eigenvalue weighted by atomic mass is 16.5. The number of hydrogen-bond acceptors (Lipinski definition) is 6. The number of amides is 1. The van der Waals surface area contributed by atoms with Crippen LogP contribution in [0.4, 0.5) is 5.82 Å². The second kappa shape index (κ2) is 7.36. The van der Waals surface area contributed by atoms with Crippen LogP contribution in [0.1, 0.15) is 66.8 Å². The van der Waals surface area contributed by atoms with E-state index in [1.165, 1.54) is 32.1 Å². The van der Waals surface area contributed by atoms with Crippen molar-refractivity contribution < 1.29 is 9.53 Å². The third kappa shape index (κ3) is 3.55. The Kier molecular flexibility index (Phi) is 5.07. The average Bonchev–Trinajstić information content (AvgIpc) is 3.26. The van der Waals surface area contributed by atoms with Crippen molar-refractivity contribution in [3.63, 3.8) is 0 Å². The average molecular weight is 374 g/mol. The first-order valence-electron chi connectivity index (χ1n) is 10.3. The fraction of sp³-hybridized carbons (Fsp3) is 0.750. The highest BCUT2D eigenvalue weighted by Crippen LogP contribution is 2.40. The van der Waals surface area contributed by atoms with E-state index in [0.717, 1.165) is 49.6 Å². The van der Waals surface area contributed by atoms with Crippen molar-refractivity contribution >= 4 is 11.7 Å². The molecule has 1 unspecified atom stereocenters. The molecule has 2 aliphatic heterocycles. The van der Waals surface area contributed by atoms with Crippen molar-refractivity contribution in [2.75, 3.05) is 24.6 Å². The molecule has 3 aliphatic rings. The summed E-state index contributed by atoms with van der Waals surface area (Å²) in [6, 6.07) is 0.874. The quantitative estimate of drug-likeness (QED) is 0.837. The van der Waals surface area contributed by atoms with E-state index in [2.05, 4.69) is 20.2 Å². The van der Waals surface area contributed by atoms with E-state index in [0.29, 0.717) is 12.1 Å². The summed E-state index contributed by atoms with van der Waals surface area (Å²) < 4.78 is 6.24. The maximum atomic E-state index is 11.6. The van der Waals surface area contributed by atoms with E-state index in [4.69, 9.17) is 10.5 Å². The minimum absolute atomic E-state index is 0.0617. The fourth-order valence-electron chi connectivity index (χ4n) is 5.03. The third-order valence-corrected chi connectivity index (χ3v) is 6.64. The number of nitrogens with one attached hydrogen (secondary N) is 1. The molecule has 1 amide bonds. The molecule has 2 saturated heterocycles. The van der Waals surface area contributed by atoms with Gasteiger partial charge in [0.05, 0.1) is 5.60 Å². The first kappa shape index (κ1) is 18.6. The van der Waals surface area contributed by atoms with Crippen molar-refractivity contribution in [2.24, 2.45) is 5.73 Å². The number of ether oxygens (including phenoxy) is 1. The van der Waals surface area contributed by atoms with E-state index in [-0.39, 0.29) is 11.4 Å². The monoisotopic (exact) mass is 373 g/mol. The van der Waals surface area contributed by atoms with Crippen molar-refractivity contribution in [1.29, 1.82) is 0 Å². The van der Waals surface area contributed by atoms with Gasteiger partial charge in [-0.25, -0.2) is 9.97 Å². The van der Waals surface area contributed by atoms with Crippen LogP contribution in [-0.2, 0) is 4.74 Å². The summed E-state index contributed by atoms with van der Waals surface area (Å²) in [6.07, 6.45) is 8.45. The van der Waals surface area contributed by atoms with Gasteiger partial charge in [0.2, 0.25) is 5.82 Å². The Hall–Kier alpha value is -1.73. The van der Waals surface area contributed by atoms with Gasteiger partial charge in [-0.05, 0) is 39.5 Å². The second-order valence-electron chi connectivity index (χ2n) is 8.36. The normalized spacial score (nSPS) is 27.4. The number of primary amides is 1. The minimum atomic E-state index is -0.574. The molecule has 3 N–H and O–H groups in total. The summed E-state index contributed by atoms with van der Waals surface area (Å²) in [5.74, 6) is 0.376. The van der Waals surface area contributed by atoms with Crippen LogP contribution >= 0.6 is 0 Å². The summed E-state index contributed by atoms with van der Waals surface area (Å²) in [7, 11) is 0. The topological polar surface area (TPSA) is 93.4 Å². The summed E-state index contributed by atoms with van der Waals surface area (Å²) in [5.41, 5.74) is 7.31. The molecule has 3 heterocycles. The van der Waals surface area contributed by atoms with Gasteiger partial charge in [-0.2, -0.15) is 0 Å². The van der Waals surface area contributed by atoms with E-state index >= 15 is 0 Å². The molecule has 3 fully saturated rings. The van der Waals surface area contributed by atoms with Crippen molar-refractivity contribution in [1.82, 2.24) is 15.3 Å². The molecule has 148 valence electrons. The van der Waals surface area contributed by atoms with Gasteiger partial charge < -0.3 is 20.7 Å². The van der Waals surface area contributed by atoms with Crippen LogP contribution in [0.2, 0.25) is 0 Å². The van der Waals surface area contributed by atoms with Crippen LogP contribution in [0.15, 0.2) is 0 Å². The number of nitrogens with two attached hydrogens (primary N) is 1. The molecule has 0 bridgehead atoms. The summed E-state index contributed by atoms with van der Waals surface area (Å²) in [5, 5.41) is 3.91. The third-order valence-electron chi connectivity index (χ3n) is 6.64. The van der Waals surface area contributed by atoms with E-state index in [9.17, 15) is 4.79 Å². The predicted molar refractivity (Wildman–Crippen MR) is 104 cm³/mol. The van der Waals surface area contributed by atoms with Gasteiger partial charge in [0, 0.05) is 43.0 Å². The molecule has 2 atom stereocenters. The zero-order valence-corrected chi connectivity index (χ0v) is 16.5. The lowest BCUT2D eigenvalue weighted by atomic mass is 9.79. The van der Waals surface area contributed by atoms with Crippen LogP contribution in [0.25, 0.3) is 0 Å². The number of nitrogens with zero attached hydrogens (tertiary/aromatic N) is 3. The minimum Gasteiger partial charge on any atom is -0.373 e. The molecular formula is C20H31N5O2. The molecule has 7 nitrogen and oxygen atoms in total. The van der Waals surface area contributed by atoms with Crippen molar-refractivity contribution in [3.05, 3.63) is 17.1 Å². The molecule has 7 heteroatoms. The molecule has 0 aromatic carbocycles. The van der Waals surface area contributed by atoms with Gasteiger partial charge >= 0.3 is 0 Å². The molecule has 27 heavy (non-hydrogen) atoms. The Morgan fingerprint density at radius 1 is 1.22 bits per heavy atom. The van der Waals surface area contributed by atoms with E-state index < -0.39 is 5.91 Å². The van der Waals surface area contributed by atoms with Crippen LogP contribution in [0, 0.1) is 13.8 Å². The lowest BCUT2D eigenvalue weighted by Crippen LogP contribution is -2.52. The Labute approximate surface area is 161 Å². The second-order valence-corrected chi connectivity index (χ2v) is 8.36. The molecule has 1 aliphatic carbocycles. The lowest BCUT2D eigenvalue weighted by Gasteiger charge is -2.39. The highest BCUT2D eigenvalue weighted by Gasteiger charge is 2.45. The van der Waals surface area contributed by atoms with Gasteiger partial charge in [-0.3, -0.25) is 4.79 Å². The van der Waals surface area contributed by atoms with Gasteiger partial charge in [0.1, 0.15) is 5.82 Å². The van der Waals surface area contributed by atoms with Gasteiger partial charge in [-0.1, -0.05) is 19.3 Å².